The number of benzene rings is 1. The maximum atomic E-state index is 9.25. The summed E-state index contributed by atoms with van der Waals surface area (Å²) in [5.41, 5.74) is 2.66. The highest BCUT2D eigenvalue weighted by atomic mass is 16.3. The molecule has 0 saturated carbocycles. The Hall–Kier alpha value is -1.10. The smallest absolute Gasteiger partial charge is 0.0460 e. The van der Waals surface area contributed by atoms with E-state index in [1.165, 1.54) is 37.2 Å². The van der Waals surface area contributed by atoms with E-state index in [-0.39, 0.29) is 0 Å². The normalized spacial score (nSPS) is 22.3. The minimum absolute atomic E-state index is 0.351. The van der Waals surface area contributed by atoms with Gasteiger partial charge >= 0.3 is 0 Å². The number of hydrogen-bond donors (Lipinski definition) is 2. The van der Waals surface area contributed by atoms with Crippen LogP contribution in [0.3, 0.4) is 0 Å². The van der Waals surface area contributed by atoms with E-state index in [0.717, 1.165) is 32.5 Å². The predicted molar refractivity (Wildman–Crippen MR) is 95.7 cm³/mol. The number of aliphatic hydroxyl groups excluding tert-OH is 1. The Morgan fingerprint density at radius 2 is 1.83 bits per heavy atom. The number of piperidine rings is 2. The first kappa shape index (κ1) is 16.7. The van der Waals surface area contributed by atoms with Crippen molar-refractivity contribution in [3.8, 4) is 0 Å². The molecule has 2 aliphatic rings. The van der Waals surface area contributed by atoms with E-state index < -0.39 is 0 Å². The fraction of sp³-hybridized carbons (Fsp3) is 0.684. The zero-order chi connectivity index (χ0) is 16.1. The molecule has 1 aromatic carbocycles. The molecule has 0 amide bonds. The Morgan fingerprint density at radius 3 is 2.52 bits per heavy atom. The van der Waals surface area contributed by atoms with Crippen molar-refractivity contribution >= 4 is 5.69 Å². The predicted octanol–water partition coefficient (Wildman–Crippen LogP) is 2.40. The lowest BCUT2D eigenvalue weighted by Gasteiger charge is -2.31. The van der Waals surface area contributed by atoms with E-state index in [4.69, 9.17) is 0 Å². The van der Waals surface area contributed by atoms with Gasteiger partial charge in [0.2, 0.25) is 0 Å². The molecule has 2 fully saturated rings. The van der Waals surface area contributed by atoms with Crippen LogP contribution >= 0.6 is 0 Å². The van der Waals surface area contributed by atoms with Crippen LogP contribution in [0.25, 0.3) is 0 Å². The van der Waals surface area contributed by atoms with Crippen LogP contribution in [0.4, 0.5) is 5.69 Å². The van der Waals surface area contributed by atoms with Gasteiger partial charge in [-0.1, -0.05) is 12.1 Å². The van der Waals surface area contributed by atoms with Gasteiger partial charge in [-0.2, -0.15) is 0 Å². The lowest BCUT2D eigenvalue weighted by molar-refractivity contribution is 0.127. The molecule has 4 nitrogen and oxygen atoms in total. The van der Waals surface area contributed by atoms with Gasteiger partial charge in [0.05, 0.1) is 0 Å². The van der Waals surface area contributed by atoms with Gasteiger partial charge < -0.3 is 15.3 Å². The summed E-state index contributed by atoms with van der Waals surface area (Å²) in [6, 6.07) is 9.53. The topological polar surface area (TPSA) is 38.7 Å². The summed E-state index contributed by atoms with van der Waals surface area (Å²) < 4.78 is 0. The Kier molecular flexibility index (Phi) is 5.92. The molecule has 2 saturated heterocycles. The third-order valence-electron chi connectivity index (χ3n) is 5.39. The van der Waals surface area contributed by atoms with Gasteiger partial charge in [-0.25, -0.2) is 0 Å². The van der Waals surface area contributed by atoms with Gasteiger partial charge in [-0.3, -0.25) is 4.90 Å². The molecule has 2 N–H and O–H groups in total. The average Bonchev–Trinajstić information content (AvgIpc) is 2.58. The third kappa shape index (κ3) is 4.93. The van der Waals surface area contributed by atoms with Crippen LogP contribution in [-0.4, -0.2) is 60.8 Å². The fourth-order valence-corrected chi connectivity index (χ4v) is 3.73. The van der Waals surface area contributed by atoms with E-state index in [9.17, 15) is 5.11 Å². The quantitative estimate of drug-likeness (QED) is 0.875. The number of nitrogens with zero attached hydrogens (tertiary/aromatic N) is 2. The molecular weight excluding hydrogens is 286 g/mol. The highest BCUT2D eigenvalue weighted by Gasteiger charge is 2.19. The van der Waals surface area contributed by atoms with Crippen molar-refractivity contribution in [1.29, 1.82) is 0 Å². The monoisotopic (exact) mass is 317 g/mol. The van der Waals surface area contributed by atoms with Gasteiger partial charge in [0, 0.05) is 24.9 Å². The number of nitrogens with one attached hydrogen (secondary N) is 1. The molecule has 0 atom stereocenters. The minimum atomic E-state index is 0.351. The zero-order valence-electron chi connectivity index (χ0n) is 14.4. The van der Waals surface area contributed by atoms with E-state index in [0.29, 0.717) is 18.6 Å². The molecule has 0 spiro atoms. The molecule has 4 heteroatoms. The maximum Gasteiger partial charge on any atom is 0.0460 e. The first-order chi connectivity index (χ1) is 11.2. The van der Waals surface area contributed by atoms with Gasteiger partial charge in [-0.15, -0.1) is 0 Å². The van der Waals surface area contributed by atoms with E-state index >= 15 is 0 Å². The Balaban J connectivity index is 1.51. The number of likely N-dealkylation sites (tertiary alicyclic amines) is 2. The molecule has 3 rings (SSSR count). The van der Waals surface area contributed by atoms with Crippen molar-refractivity contribution in [2.45, 2.75) is 38.3 Å². The highest BCUT2D eigenvalue weighted by Crippen LogP contribution is 2.21. The average molecular weight is 317 g/mol. The van der Waals surface area contributed by atoms with Crippen LogP contribution in [0.1, 0.15) is 31.2 Å². The van der Waals surface area contributed by atoms with E-state index in [1.54, 1.807) is 0 Å². The molecule has 128 valence electrons. The number of hydrogen-bond acceptors (Lipinski definition) is 4. The highest BCUT2D eigenvalue weighted by molar-refractivity contribution is 5.46. The van der Waals surface area contributed by atoms with Crippen LogP contribution in [0.2, 0.25) is 0 Å². The summed E-state index contributed by atoms with van der Waals surface area (Å²) >= 11 is 0. The Labute approximate surface area is 140 Å². The summed E-state index contributed by atoms with van der Waals surface area (Å²) in [5, 5.41) is 13.0. The first-order valence-electron chi connectivity index (χ1n) is 9.10. The minimum Gasteiger partial charge on any atom is -0.396 e. The van der Waals surface area contributed by atoms with Crippen molar-refractivity contribution < 1.29 is 5.11 Å². The SMILES string of the molecule is CN1CCC(Nc2cccc(CN3CCC(CO)CC3)c2)CC1. The lowest BCUT2D eigenvalue weighted by Crippen LogP contribution is -2.36. The van der Waals surface area contributed by atoms with Crippen LogP contribution in [-0.2, 0) is 6.54 Å². The van der Waals surface area contributed by atoms with Gasteiger partial charge in [0.15, 0.2) is 0 Å². The number of rotatable bonds is 5. The molecule has 0 aliphatic carbocycles. The van der Waals surface area contributed by atoms with Crippen molar-refractivity contribution in [2.75, 3.05) is 45.2 Å². The molecule has 0 bridgehead atoms. The number of anilines is 1. The van der Waals surface area contributed by atoms with E-state index in [2.05, 4.69) is 46.4 Å². The van der Waals surface area contributed by atoms with Crippen molar-refractivity contribution in [2.24, 2.45) is 5.92 Å². The van der Waals surface area contributed by atoms with Crippen LogP contribution in [0.5, 0.6) is 0 Å². The second-order valence-corrected chi connectivity index (χ2v) is 7.32. The zero-order valence-corrected chi connectivity index (χ0v) is 14.4. The molecule has 0 unspecified atom stereocenters. The Bertz CT molecular complexity index is 477. The van der Waals surface area contributed by atoms with Crippen LogP contribution < -0.4 is 5.32 Å². The summed E-state index contributed by atoms with van der Waals surface area (Å²) in [6.07, 6.45) is 4.72. The van der Waals surface area contributed by atoms with Crippen molar-refractivity contribution in [1.82, 2.24) is 9.80 Å². The fourth-order valence-electron chi connectivity index (χ4n) is 3.73. The second kappa shape index (κ2) is 8.13. The van der Waals surface area contributed by atoms with Crippen LogP contribution in [0, 0.1) is 5.92 Å². The standard InChI is InChI=1S/C19H31N3O/c1-21-9-7-18(8-10-21)20-19-4-2-3-17(13-19)14-22-11-5-16(15-23)6-12-22/h2-4,13,16,18,20,23H,5-12,14-15H2,1H3. The molecular formula is C19H31N3O. The summed E-state index contributed by atoms with van der Waals surface area (Å²) in [4.78, 5) is 4.92. The second-order valence-electron chi connectivity index (χ2n) is 7.32. The molecule has 1 aromatic rings. The van der Waals surface area contributed by atoms with Gasteiger partial charge in [0.25, 0.3) is 0 Å². The largest absolute Gasteiger partial charge is 0.396 e. The summed E-state index contributed by atoms with van der Waals surface area (Å²) in [7, 11) is 2.21. The van der Waals surface area contributed by atoms with Gasteiger partial charge in [0.1, 0.15) is 0 Å². The van der Waals surface area contributed by atoms with Crippen LogP contribution in [0.15, 0.2) is 24.3 Å². The van der Waals surface area contributed by atoms with Crippen molar-refractivity contribution in [3.05, 3.63) is 29.8 Å². The van der Waals surface area contributed by atoms with E-state index in [1.807, 2.05) is 0 Å². The molecule has 0 aromatic heterocycles. The molecule has 0 radical (unpaired) electrons. The maximum absolute atomic E-state index is 9.25. The Morgan fingerprint density at radius 1 is 1.09 bits per heavy atom. The number of aliphatic hydroxyl groups is 1. The van der Waals surface area contributed by atoms with Crippen molar-refractivity contribution in [3.63, 3.8) is 0 Å². The first-order valence-corrected chi connectivity index (χ1v) is 9.10. The molecule has 2 aliphatic heterocycles. The summed E-state index contributed by atoms with van der Waals surface area (Å²) in [5.74, 6) is 0.517. The summed E-state index contributed by atoms with van der Waals surface area (Å²) in [6.45, 7) is 5.98. The third-order valence-corrected chi connectivity index (χ3v) is 5.39. The molecule has 2 heterocycles. The van der Waals surface area contributed by atoms with Gasteiger partial charge in [-0.05, 0) is 82.5 Å². The molecule has 23 heavy (non-hydrogen) atoms. The lowest BCUT2D eigenvalue weighted by atomic mass is 9.97.